The minimum absolute atomic E-state index is 0.264. The van der Waals surface area contributed by atoms with E-state index in [0.717, 1.165) is 139 Å². The molecule has 0 aliphatic carbocycles. The average molecular weight is 999 g/mol. The van der Waals surface area contributed by atoms with Gasteiger partial charge in [0.2, 0.25) is 11.8 Å². The summed E-state index contributed by atoms with van der Waals surface area (Å²) in [6.07, 6.45) is 14.1. The van der Waals surface area contributed by atoms with Crippen LogP contribution in [-0.4, -0.2) is 38.6 Å². The molecule has 11 heteroatoms. The quantitative estimate of drug-likeness (QED) is 0.140. The molecule has 77 heavy (non-hydrogen) atoms. The number of para-hydroxylation sites is 1. The number of oxazole rings is 2. The van der Waals surface area contributed by atoms with Gasteiger partial charge in [-0.25, -0.2) is 15.0 Å². The number of nitrogens with zero attached hydrogens (tertiary/aromatic N) is 8. The van der Waals surface area contributed by atoms with Crippen molar-refractivity contribution in [3.05, 3.63) is 213 Å². The van der Waals surface area contributed by atoms with Gasteiger partial charge < -0.3 is 27.0 Å². The highest BCUT2D eigenvalue weighted by molar-refractivity contribution is 6.17. The lowest BCUT2D eigenvalue weighted by atomic mass is 9.93. The van der Waals surface area contributed by atoms with E-state index in [0.29, 0.717) is 11.8 Å². The maximum Gasteiger partial charge on any atom is 0.225 e. The smallest absolute Gasteiger partial charge is 0.225 e. The third-order valence-electron chi connectivity index (χ3n) is 15.3. The fraction of sp³-hybridized carbons (Fsp3) is 0.0758. The molecule has 368 valence electrons. The average Bonchev–Trinajstić information content (AvgIpc) is 4.52. The second kappa shape index (κ2) is 17.2. The van der Waals surface area contributed by atoms with E-state index in [1.807, 2.05) is 49.1 Å². The maximum atomic E-state index is 7.35. The van der Waals surface area contributed by atoms with Crippen molar-refractivity contribution >= 4 is 65.6 Å². The Balaban J connectivity index is 0.988. The summed E-state index contributed by atoms with van der Waals surface area (Å²) in [7, 11) is 0. The second-order valence-corrected chi connectivity index (χ2v) is 20.0. The van der Waals surface area contributed by atoms with Gasteiger partial charge in [-0.1, -0.05) is 60.7 Å². The Labute approximate surface area is 441 Å². The molecule has 7 aromatic carbocycles. The van der Waals surface area contributed by atoms with Gasteiger partial charge in [-0.15, -0.1) is 0 Å². The Morgan fingerprint density at radius 1 is 0.429 bits per heavy atom. The van der Waals surface area contributed by atoms with Gasteiger partial charge in [-0.2, -0.15) is 0 Å². The number of rotatable bonds is 9. The van der Waals surface area contributed by atoms with Gasteiger partial charge >= 0.3 is 0 Å². The Morgan fingerprint density at radius 3 is 1.69 bits per heavy atom. The molecule has 0 spiro atoms. The van der Waals surface area contributed by atoms with E-state index in [4.69, 9.17) is 18.2 Å². The maximum absolute atomic E-state index is 7.35. The molecule has 0 amide bonds. The number of furan rings is 1. The lowest BCUT2D eigenvalue weighted by Gasteiger charge is -2.15. The number of imidazole rings is 1. The molecule has 0 bridgehead atoms. The standard InChI is InChI=1S/C66H46N8O3/c1-38(2)72-40(4)39(3)71-64(72)44-12-9-15-48(30-44)73-58-17-6-5-16-50(58)55-31-41(18-19-59(55)73)47-32-53(42-10-7-13-45(28-42)65-69-24-26-75-65)62-56(33-47)57-35-49(74-60-36-67-22-20-51(60)52-21-23-68-37-61(52)74)34-54(63(57)77-62)43-11-8-14-46(29-43)66-70-25-27-76-66/h5-38H,1-4H3. The van der Waals surface area contributed by atoms with E-state index >= 15 is 0 Å². The number of fused-ring (bicyclic) bond motifs is 9. The van der Waals surface area contributed by atoms with E-state index < -0.39 is 0 Å². The van der Waals surface area contributed by atoms with Crippen molar-refractivity contribution in [3.8, 4) is 79.1 Å². The van der Waals surface area contributed by atoms with Crippen LogP contribution in [0.4, 0.5) is 0 Å². The SMILES string of the molecule is Cc1nc(-c2cccc(-n3c4ccccc4c4cc(-c5cc(-c6cccc(-c7ncco7)c6)c6oc7c(-c8cccc(-c9ncco9)c8)cc(-n8c9cnccc9c9ccncc98)cc7c6c5)ccc43)c2)n(C(C)C)c1C. The third-order valence-corrected chi connectivity index (χ3v) is 15.3. The molecule has 0 radical (unpaired) electrons. The monoisotopic (exact) mass is 998 g/mol. The van der Waals surface area contributed by atoms with Crippen molar-refractivity contribution < 1.29 is 13.3 Å². The normalized spacial score (nSPS) is 12.0. The first kappa shape index (κ1) is 44.4. The minimum Gasteiger partial charge on any atom is -0.455 e. The van der Waals surface area contributed by atoms with Gasteiger partial charge in [0.15, 0.2) is 0 Å². The van der Waals surface area contributed by atoms with E-state index in [1.165, 1.54) is 5.69 Å². The van der Waals surface area contributed by atoms with Crippen molar-refractivity contribution in [1.82, 2.24) is 38.6 Å². The summed E-state index contributed by atoms with van der Waals surface area (Å²) in [5, 5.41) is 6.39. The molecule has 0 saturated heterocycles. The number of aryl methyl sites for hydroxylation is 1. The van der Waals surface area contributed by atoms with E-state index in [2.05, 4.69) is 189 Å². The molecule has 15 aromatic rings. The fourth-order valence-electron chi connectivity index (χ4n) is 11.7. The molecule has 0 aliphatic heterocycles. The van der Waals surface area contributed by atoms with E-state index in [1.54, 1.807) is 24.9 Å². The van der Waals surface area contributed by atoms with Crippen LogP contribution < -0.4 is 0 Å². The van der Waals surface area contributed by atoms with Crippen LogP contribution in [0.25, 0.3) is 145 Å². The van der Waals surface area contributed by atoms with E-state index in [-0.39, 0.29) is 6.04 Å². The Hall–Kier alpha value is -10.1. The summed E-state index contributed by atoms with van der Waals surface area (Å²) < 4.78 is 26.0. The van der Waals surface area contributed by atoms with Crippen molar-refractivity contribution in [2.75, 3.05) is 0 Å². The van der Waals surface area contributed by atoms with Gasteiger partial charge in [-0.05, 0) is 141 Å². The molecule has 8 heterocycles. The van der Waals surface area contributed by atoms with Crippen LogP contribution >= 0.6 is 0 Å². The topological polar surface area (TPSA) is 119 Å². The van der Waals surface area contributed by atoms with Gasteiger partial charge in [0.05, 0.1) is 52.5 Å². The number of pyridine rings is 2. The molecule has 11 nitrogen and oxygen atoms in total. The first-order chi connectivity index (χ1) is 37.8. The van der Waals surface area contributed by atoms with Crippen LogP contribution in [0, 0.1) is 13.8 Å². The third kappa shape index (κ3) is 7.00. The summed E-state index contributed by atoms with van der Waals surface area (Å²) in [4.78, 5) is 23.4. The summed E-state index contributed by atoms with van der Waals surface area (Å²) in [6, 6.07) is 54.4. The Bertz CT molecular complexity index is 4770. The Morgan fingerprint density at radius 2 is 1.01 bits per heavy atom. The van der Waals surface area contributed by atoms with Gasteiger partial charge in [0, 0.05) is 95.6 Å². The molecule has 15 rings (SSSR count). The van der Waals surface area contributed by atoms with Crippen LogP contribution in [0.1, 0.15) is 31.3 Å². The predicted molar refractivity (Wildman–Crippen MR) is 306 cm³/mol. The first-order valence-corrected chi connectivity index (χ1v) is 25.8. The van der Waals surface area contributed by atoms with Gasteiger partial charge in [0.25, 0.3) is 0 Å². The van der Waals surface area contributed by atoms with Crippen molar-refractivity contribution in [2.45, 2.75) is 33.7 Å². The highest BCUT2D eigenvalue weighted by Gasteiger charge is 2.24. The van der Waals surface area contributed by atoms with Crippen LogP contribution in [-0.2, 0) is 0 Å². The predicted octanol–water partition coefficient (Wildman–Crippen LogP) is 16.9. The van der Waals surface area contributed by atoms with Crippen molar-refractivity contribution in [1.29, 1.82) is 0 Å². The van der Waals surface area contributed by atoms with Crippen LogP contribution in [0.5, 0.6) is 0 Å². The molecule has 0 aliphatic rings. The zero-order valence-corrected chi connectivity index (χ0v) is 42.4. The lowest BCUT2D eigenvalue weighted by Crippen LogP contribution is -2.05. The zero-order chi connectivity index (χ0) is 51.5. The molecule has 0 fully saturated rings. The molecule has 0 saturated carbocycles. The summed E-state index contributed by atoms with van der Waals surface area (Å²) >= 11 is 0. The number of hydrogen-bond acceptors (Lipinski definition) is 8. The second-order valence-electron chi connectivity index (χ2n) is 20.0. The minimum atomic E-state index is 0.264. The zero-order valence-electron chi connectivity index (χ0n) is 42.4. The highest BCUT2D eigenvalue weighted by atomic mass is 16.3. The molecule has 8 aromatic heterocycles. The summed E-state index contributed by atoms with van der Waals surface area (Å²) in [5.74, 6) is 2.06. The largest absolute Gasteiger partial charge is 0.455 e. The number of hydrogen-bond donors (Lipinski definition) is 0. The van der Waals surface area contributed by atoms with Crippen molar-refractivity contribution in [2.24, 2.45) is 0 Å². The van der Waals surface area contributed by atoms with Gasteiger partial charge in [0.1, 0.15) is 29.5 Å². The van der Waals surface area contributed by atoms with Gasteiger partial charge in [-0.3, -0.25) is 9.97 Å². The molecule has 0 N–H and O–H groups in total. The first-order valence-electron chi connectivity index (χ1n) is 25.8. The molecular weight excluding hydrogens is 953 g/mol. The molecular formula is C66H46N8O3. The molecule has 0 unspecified atom stereocenters. The number of benzene rings is 7. The van der Waals surface area contributed by atoms with Crippen molar-refractivity contribution in [3.63, 3.8) is 0 Å². The Kier molecular flexibility index (Phi) is 9.92. The summed E-state index contributed by atoms with van der Waals surface area (Å²) in [5.41, 5.74) is 18.5. The van der Waals surface area contributed by atoms with E-state index in [9.17, 15) is 0 Å². The highest BCUT2D eigenvalue weighted by Crippen LogP contribution is 2.46. The van der Waals surface area contributed by atoms with Crippen LogP contribution in [0.2, 0.25) is 0 Å². The summed E-state index contributed by atoms with van der Waals surface area (Å²) in [6.45, 7) is 8.69. The fourth-order valence-corrected chi connectivity index (χ4v) is 11.7. The van der Waals surface area contributed by atoms with Crippen LogP contribution in [0.3, 0.4) is 0 Å². The molecule has 0 atom stereocenters. The van der Waals surface area contributed by atoms with Crippen LogP contribution in [0.15, 0.2) is 215 Å². The number of aromatic nitrogens is 8. The lowest BCUT2D eigenvalue weighted by molar-refractivity contribution is 0.574.